The molecule has 0 bridgehead atoms. The Morgan fingerprint density at radius 3 is 1.20 bits per heavy atom. The van der Waals surface area contributed by atoms with E-state index in [0.29, 0.717) is 0 Å². The van der Waals surface area contributed by atoms with Crippen molar-refractivity contribution in [1.29, 1.82) is 0 Å². The van der Waals surface area contributed by atoms with Crippen LogP contribution in [0.1, 0.15) is 0 Å². The summed E-state index contributed by atoms with van der Waals surface area (Å²) in [4.78, 5) is 0. The second-order valence-corrected chi connectivity index (χ2v) is 15.8. The van der Waals surface area contributed by atoms with Gasteiger partial charge in [0.1, 0.15) is 16.9 Å². The molecule has 0 aliphatic heterocycles. The molecule has 0 saturated carbocycles. The third kappa shape index (κ3) is 4.51. The summed E-state index contributed by atoms with van der Waals surface area (Å²) in [5.74, 6) is 0.909. The molecule has 0 spiro atoms. The number of furan rings is 1. The van der Waals surface area contributed by atoms with Crippen molar-refractivity contribution in [3.63, 3.8) is 0 Å². The third-order valence-electron chi connectivity index (χ3n) is 12.9. The highest BCUT2D eigenvalue weighted by molar-refractivity contribution is 6.31. The van der Waals surface area contributed by atoms with Gasteiger partial charge in [-0.25, -0.2) is 0 Å². The van der Waals surface area contributed by atoms with Gasteiger partial charge in [0.15, 0.2) is 0 Å². The summed E-state index contributed by atoms with van der Waals surface area (Å²) >= 11 is 0. The lowest BCUT2D eigenvalue weighted by Crippen LogP contribution is -1.95. The van der Waals surface area contributed by atoms with Gasteiger partial charge >= 0.3 is 0 Å². The SMILES string of the molecule is COc1c2ccccc2c(-c2c3ccccc3c(-c3ccc4c(c3)oc3cc5c6ccccc6c6cc7ccccc7cc6c5cc34)c3ccccc23)c2ccccc12. The summed E-state index contributed by atoms with van der Waals surface area (Å²) in [6.07, 6.45) is 0. The molecular formula is C57H34O2. The minimum Gasteiger partial charge on any atom is -0.495 e. The second kappa shape index (κ2) is 12.2. The van der Waals surface area contributed by atoms with Crippen LogP contribution in [-0.2, 0) is 0 Å². The maximum atomic E-state index is 6.88. The Morgan fingerprint density at radius 2 is 0.678 bits per heavy atom. The zero-order chi connectivity index (χ0) is 38.8. The van der Waals surface area contributed by atoms with E-state index in [1.165, 1.54) is 92.1 Å². The van der Waals surface area contributed by atoms with E-state index in [9.17, 15) is 0 Å². The lowest BCUT2D eigenvalue weighted by atomic mass is 9.82. The molecule has 0 unspecified atom stereocenters. The Balaban J connectivity index is 1.09. The van der Waals surface area contributed by atoms with Crippen LogP contribution in [0.2, 0.25) is 0 Å². The van der Waals surface area contributed by atoms with Crippen LogP contribution in [0.5, 0.6) is 5.75 Å². The number of benzene rings is 12. The molecule has 59 heavy (non-hydrogen) atoms. The topological polar surface area (TPSA) is 22.4 Å². The van der Waals surface area contributed by atoms with E-state index in [-0.39, 0.29) is 0 Å². The highest BCUT2D eigenvalue weighted by Gasteiger charge is 2.23. The monoisotopic (exact) mass is 750 g/mol. The first kappa shape index (κ1) is 32.4. The van der Waals surface area contributed by atoms with Gasteiger partial charge in [-0.05, 0) is 134 Å². The molecule has 274 valence electrons. The lowest BCUT2D eigenvalue weighted by Gasteiger charge is -2.21. The van der Waals surface area contributed by atoms with E-state index in [4.69, 9.17) is 9.15 Å². The van der Waals surface area contributed by atoms with Crippen molar-refractivity contribution < 1.29 is 9.15 Å². The lowest BCUT2D eigenvalue weighted by molar-refractivity contribution is 0.424. The Kier molecular flexibility index (Phi) is 6.68. The van der Waals surface area contributed by atoms with Crippen LogP contribution in [0.15, 0.2) is 192 Å². The molecule has 0 fully saturated rings. The van der Waals surface area contributed by atoms with Gasteiger partial charge in [-0.2, -0.15) is 0 Å². The van der Waals surface area contributed by atoms with E-state index in [1.54, 1.807) is 7.11 Å². The Labute approximate surface area is 339 Å². The van der Waals surface area contributed by atoms with Gasteiger partial charge in [-0.15, -0.1) is 0 Å². The van der Waals surface area contributed by atoms with Gasteiger partial charge in [-0.3, -0.25) is 0 Å². The Hall–Kier alpha value is -7.68. The van der Waals surface area contributed by atoms with Crippen LogP contribution in [-0.4, -0.2) is 7.11 Å². The van der Waals surface area contributed by atoms with Crippen molar-refractivity contribution in [3.8, 4) is 28.0 Å². The average Bonchev–Trinajstić information content (AvgIpc) is 3.66. The number of hydrogen-bond donors (Lipinski definition) is 0. The molecule has 0 N–H and O–H groups in total. The van der Waals surface area contributed by atoms with Crippen molar-refractivity contribution in [2.45, 2.75) is 0 Å². The van der Waals surface area contributed by atoms with Crippen molar-refractivity contribution in [1.82, 2.24) is 0 Å². The van der Waals surface area contributed by atoms with Crippen molar-refractivity contribution in [3.05, 3.63) is 188 Å². The van der Waals surface area contributed by atoms with Crippen LogP contribution in [0.4, 0.5) is 0 Å². The summed E-state index contributed by atoms with van der Waals surface area (Å²) in [7, 11) is 1.78. The van der Waals surface area contributed by atoms with E-state index in [1.807, 2.05) is 0 Å². The number of hydrogen-bond acceptors (Lipinski definition) is 2. The second-order valence-electron chi connectivity index (χ2n) is 15.8. The molecule has 0 aliphatic carbocycles. The highest BCUT2D eigenvalue weighted by atomic mass is 16.5. The third-order valence-corrected chi connectivity index (χ3v) is 12.9. The number of methoxy groups -OCH3 is 1. The molecular weight excluding hydrogens is 717 g/mol. The maximum absolute atomic E-state index is 6.88. The fraction of sp³-hybridized carbons (Fsp3) is 0.0175. The van der Waals surface area contributed by atoms with Crippen LogP contribution in [0, 0.1) is 0 Å². The molecule has 0 saturated heterocycles. The van der Waals surface area contributed by atoms with Crippen LogP contribution in [0.3, 0.4) is 0 Å². The molecule has 2 heteroatoms. The number of rotatable bonds is 3. The van der Waals surface area contributed by atoms with Crippen LogP contribution in [0.25, 0.3) is 130 Å². The van der Waals surface area contributed by atoms with E-state index < -0.39 is 0 Å². The summed E-state index contributed by atoms with van der Waals surface area (Å²) in [5, 5.41) is 21.7. The molecule has 0 radical (unpaired) electrons. The van der Waals surface area contributed by atoms with E-state index in [0.717, 1.165) is 44.0 Å². The van der Waals surface area contributed by atoms with Gasteiger partial charge < -0.3 is 9.15 Å². The molecule has 13 rings (SSSR count). The van der Waals surface area contributed by atoms with Crippen molar-refractivity contribution in [2.75, 3.05) is 7.11 Å². The molecule has 0 atom stereocenters. The fourth-order valence-electron chi connectivity index (χ4n) is 10.3. The van der Waals surface area contributed by atoms with Gasteiger partial charge in [0, 0.05) is 21.5 Å². The first-order chi connectivity index (χ1) is 29.2. The van der Waals surface area contributed by atoms with Gasteiger partial charge in [0.2, 0.25) is 0 Å². The highest BCUT2D eigenvalue weighted by Crippen LogP contribution is 2.50. The molecule has 0 amide bonds. The summed E-state index contributed by atoms with van der Waals surface area (Å²) in [5.41, 5.74) is 6.59. The molecule has 0 aliphatic rings. The summed E-state index contributed by atoms with van der Waals surface area (Å²) in [6.45, 7) is 0. The number of fused-ring (bicyclic) bond motifs is 14. The van der Waals surface area contributed by atoms with Gasteiger partial charge in [0.25, 0.3) is 0 Å². The standard InChI is InChI=1S/C57H34O2/c1-58-57-45-24-12-10-22-43(45)56(44-23-11-13-25-46(44)57)55-41-20-8-6-18-39(41)54(40-19-7-9-21-42(40)55)35-26-27-38-51-31-49-48-29-34-15-3-2-14-33(34)28-47(48)36-16-4-5-17-37(36)50(49)32-53(51)59-52(38)30-35/h2-32H,1H3. The van der Waals surface area contributed by atoms with Gasteiger partial charge in [0.05, 0.1) is 7.11 Å². The van der Waals surface area contributed by atoms with Crippen LogP contribution >= 0.6 is 0 Å². The van der Waals surface area contributed by atoms with E-state index in [2.05, 4.69) is 188 Å². The summed E-state index contributed by atoms with van der Waals surface area (Å²) < 4.78 is 13.0. The predicted octanol–water partition coefficient (Wildman–Crippen LogP) is 16.2. The zero-order valence-electron chi connectivity index (χ0n) is 32.2. The Morgan fingerprint density at radius 1 is 0.288 bits per heavy atom. The largest absolute Gasteiger partial charge is 0.495 e. The molecule has 1 heterocycles. The molecule has 2 nitrogen and oxygen atoms in total. The normalized spacial score (nSPS) is 12.2. The van der Waals surface area contributed by atoms with Crippen molar-refractivity contribution in [2.24, 2.45) is 0 Å². The summed E-state index contributed by atoms with van der Waals surface area (Å²) in [6, 6.07) is 68.8. The number of ether oxygens (including phenoxy) is 1. The average molecular weight is 751 g/mol. The minimum absolute atomic E-state index is 0.885. The quantitative estimate of drug-likeness (QED) is 0.133. The predicted molar refractivity (Wildman–Crippen MR) is 251 cm³/mol. The fourth-order valence-corrected chi connectivity index (χ4v) is 10.3. The van der Waals surface area contributed by atoms with E-state index >= 15 is 0 Å². The van der Waals surface area contributed by atoms with Crippen LogP contribution < -0.4 is 4.74 Å². The van der Waals surface area contributed by atoms with Gasteiger partial charge in [-0.1, -0.05) is 152 Å². The molecule has 13 aromatic rings. The van der Waals surface area contributed by atoms with Crippen molar-refractivity contribution >= 4 is 108 Å². The Bertz CT molecular complexity index is 3830. The maximum Gasteiger partial charge on any atom is 0.136 e. The first-order valence-electron chi connectivity index (χ1n) is 20.3. The molecule has 1 aromatic heterocycles. The first-order valence-corrected chi connectivity index (χ1v) is 20.3. The smallest absolute Gasteiger partial charge is 0.136 e. The zero-order valence-corrected chi connectivity index (χ0v) is 32.2. The minimum atomic E-state index is 0.885. The molecule has 12 aromatic carbocycles.